The Hall–Kier alpha value is -0.530. The van der Waals surface area contributed by atoms with Gasteiger partial charge in [-0.3, -0.25) is 4.79 Å². The van der Waals surface area contributed by atoms with Crippen molar-refractivity contribution in [2.24, 2.45) is 5.41 Å². The molecule has 0 amide bonds. The van der Waals surface area contributed by atoms with Crippen LogP contribution in [0.5, 0.6) is 0 Å². The number of carbonyl (C=O) groups is 1. The van der Waals surface area contributed by atoms with Gasteiger partial charge in [-0.15, -0.1) is 0 Å². The van der Waals surface area contributed by atoms with Crippen molar-refractivity contribution in [1.29, 1.82) is 0 Å². The van der Waals surface area contributed by atoms with E-state index in [9.17, 15) is 4.79 Å². The third-order valence-electron chi connectivity index (χ3n) is 9.19. The van der Waals surface area contributed by atoms with Crippen LogP contribution in [0.3, 0.4) is 0 Å². The molecule has 0 aliphatic carbocycles. The third-order valence-corrected chi connectivity index (χ3v) is 9.19. The maximum Gasteiger partial charge on any atom is 0.312 e. The Balaban J connectivity index is 4.81. The standard InChI is InChI=1S/C38H76O2/c1-5-9-13-17-19-21-23-25-27-30-34-38(33-29-15-11-7-3,37(39)40-36-32-16-12-8-4)35-31-28-26-24-22-20-18-14-10-6-2/h5-36H2,1-4H3. The second-order valence-corrected chi connectivity index (χ2v) is 13.2. The molecule has 0 bridgehead atoms. The van der Waals surface area contributed by atoms with E-state index in [0.29, 0.717) is 6.61 Å². The summed E-state index contributed by atoms with van der Waals surface area (Å²) < 4.78 is 6.06. The van der Waals surface area contributed by atoms with Gasteiger partial charge < -0.3 is 4.74 Å². The van der Waals surface area contributed by atoms with Crippen LogP contribution in [0.1, 0.15) is 227 Å². The van der Waals surface area contributed by atoms with Gasteiger partial charge in [-0.25, -0.2) is 0 Å². The van der Waals surface area contributed by atoms with Crippen molar-refractivity contribution < 1.29 is 9.53 Å². The highest BCUT2D eigenvalue weighted by Crippen LogP contribution is 2.39. The lowest BCUT2D eigenvalue weighted by Gasteiger charge is -2.32. The smallest absolute Gasteiger partial charge is 0.312 e. The van der Waals surface area contributed by atoms with E-state index in [2.05, 4.69) is 27.7 Å². The average molecular weight is 565 g/mol. The van der Waals surface area contributed by atoms with Crippen LogP contribution in [0.15, 0.2) is 0 Å². The van der Waals surface area contributed by atoms with Crippen LogP contribution in [-0.2, 0) is 9.53 Å². The van der Waals surface area contributed by atoms with E-state index in [-0.39, 0.29) is 11.4 Å². The fourth-order valence-corrected chi connectivity index (χ4v) is 6.32. The second-order valence-electron chi connectivity index (χ2n) is 13.2. The van der Waals surface area contributed by atoms with Crippen LogP contribution in [0.4, 0.5) is 0 Å². The number of esters is 1. The molecule has 0 atom stereocenters. The lowest BCUT2D eigenvalue weighted by Crippen LogP contribution is -2.34. The summed E-state index contributed by atoms with van der Waals surface area (Å²) in [5, 5.41) is 0. The van der Waals surface area contributed by atoms with Crippen molar-refractivity contribution in [3.63, 3.8) is 0 Å². The molecule has 0 unspecified atom stereocenters. The summed E-state index contributed by atoms with van der Waals surface area (Å²) in [5.74, 6) is 0.160. The molecule has 0 saturated heterocycles. The molecule has 0 rings (SSSR count). The second kappa shape index (κ2) is 31.4. The summed E-state index contributed by atoms with van der Waals surface area (Å²) in [6.45, 7) is 9.74. The maximum atomic E-state index is 13.7. The minimum Gasteiger partial charge on any atom is -0.465 e. The molecule has 0 aromatic heterocycles. The van der Waals surface area contributed by atoms with E-state index in [4.69, 9.17) is 4.74 Å². The summed E-state index contributed by atoms with van der Waals surface area (Å²) in [6, 6.07) is 0. The monoisotopic (exact) mass is 565 g/mol. The van der Waals surface area contributed by atoms with Gasteiger partial charge >= 0.3 is 5.97 Å². The first-order valence-electron chi connectivity index (χ1n) is 18.8. The minimum absolute atomic E-state index is 0.160. The molecule has 40 heavy (non-hydrogen) atoms. The predicted octanol–water partition coefficient (Wildman–Crippen LogP) is 13.7. The molecule has 0 N–H and O–H groups in total. The summed E-state index contributed by atoms with van der Waals surface area (Å²) in [5.41, 5.74) is -0.223. The van der Waals surface area contributed by atoms with E-state index in [0.717, 1.165) is 25.7 Å². The zero-order chi connectivity index (χ0) is 29.4. The molecule has 0 aliphatic heterocycles. The Morgan fingerprint density at radius 2 is 0.625 bits per heavy atom. The van der Waals surface area contributed by atoms with E-state index >= 15 is 0 Å². The number of carbonyl (C=O) groups excluding carboxylic acids is 1. The molecule has 0 radical (unpaired) electrons. The summed E-state index contributed by atoms with van der Waals surface area (Å²) >= 11 is 0. The maximum absolute atomic E-state index is 13.7. The van der Waals surface area contributed by atoms with Crippen molar-refractivity contribution >= 4 is 5.97 Å². The fraction of sp³-hybridized carbons (Fsp3) is 0.974. The number of rotatable bonds is 33. The van der Waals surface area contributed by atoms with E-state index in [1.54, 1.807) is 0 Å². The van der Waals surface area contributed by atoms with Crippen LogP contribution >= 0.6 is 0 Å². The number of unbranched alkanes of at least 4 members (excludes halogenated alkanes) is 24. The van der Waals surface area contributed by atoms with Crippen LogP contribution in [0, 0.1) is 5.41 Å². The molecule has 2 heteroatoms. The van der Waals surface area contributed by atoms with Gasteiger partial charge in [0.15, 0.2) is 0 Å². The van der Waals surface area contributed by atoms with Gasteiger partial charge in [0.2, 0.25) is 0 Å². The van der Waals surface area contributed by atoms with Gasteiger partial charge in [0.1, 0.15) is 0 Å². The quantitative estimate of drug-likeness (QED) is 0.0585. The van der Waals surface area contributed by atoms with Crippen molar-refractivity contribution in [2.45, 2.75) is 227 Å². The fourth-order valence-electron chi connectivity index (χ4n) is 6.32. The first-order valence-corrected chi connectivity index (χ1v) is 18.8. The van der Waals surface area contributed by atoms with Gasteiger partial charge in [-0.2, -0.15) is 0 Å². The van der Waals surface area contributed by atoms with Gasteiger partial charge in [0.05, 0.1) is 12.0 Å². The number of ether oxygens (including phenoxy) is 1. The Bertz CT molecular complexity index is 476. The molecule has 0 aliphatic rings. The van der Waals surface area contributed by atoms with E-state index < -0.39 is 0 Å². The highest BCUT2D eigenvalue weighted by molar-refractivity contribution is 5.76. The van der Waals surface area contributed by atoms with Crippen molar-refractivity contribution in [2.75, 3.05) is 6.61 Å². The van der Waals surface area contributed by atoms with Crippen LogP contribution in [0.2, 0.25) is 0 Å². The summed E-state index contributed by atoms with van der Waals surface area (Å²) in [4.78, 5) is 13.7. The van der Waals surface area contributed by atoms with Gasteiger partial charge in [-0.05, 0) is 25.7 Å². The van der Waals surface area contributed by atoms with Crippen molar-refractivity contribution in [3.05, 3.63) is 0 Å². The first-order chi connectivity index (χ1) is 19.7. The van der Waals surface area contributed by atoms with Gasteiger partial charge in [-0.1, -0.05) is 201 Å². The molecule has 240 valence electrons. The zero-order valence-electron chi connectivity index (χ0n) is 28.4. The first kappa shape index (κ1) is 39.5. The lowest BCUT2D eigenvalue weighted by atomic mass is 9.74. The molecule has 0 fully saturated rings. The SMILES string of the molecule is CCCCCCCCCCCCC(CCCCCC)(CCCCCCCCCCCC)C(=O)OCCCCCC. The van der Waals surface area contributed by atoms with Gasteiger partial charge in [0.25, 0.3) is 0 Å². The van der Waals surface area contributed by atoms with E-state index in [1.165, 1.54) is 173 Å². The lowest BCUT2D eigenvalue weighted by molar-refractivity contribution is -0.158. The highest BCUT2D eigenvalue weighted by Gasteiger charge is 2.38. The highest BCUT2D eigenvalue weighted by atomic mass is 16.5. The molecule has 0 aromatic rings. The Kier molecular flexibility index (Phi) is 31.0. The van der Waals surface area contributed by atoms with Crippen LogP contribution in [0.25, 0.3) is 0 Å². The zero-order valence-corrected chi connectivity index (χ0v) is 28.4. The molecule has 0 saturated carbocycles. The van der Waals surface area contributed by atoms with E-state index in [1.807, 2.05) is 0 Å². The van der Waals surface area contributed by atoms with Crippen molar-refractivity contribution in [3.8, 4) is 0 Å². The molecular formula is C38H76O2. The van der Waals surface area contributed by atoms with Crippen molar-refractivity contribution in [1.82, 2.24) is 0 Å². The Morgan fingerprint density at radius 1 is 0.375 bits per heavy atom. The summed E-state index contributed by atoms with van der Waals surface area (Å²) in [7, 11) is 0. The number of hydrogen-bond donors (Lipinski definition) is 0. The normalized spacial score (nSPS) is 11.8. The molecule has 0 spiro atoms. The van der Waals surface area contributed by atoms with Crippen LogP contribution in [-0.4, -0.2) is 12.6 Å². The Labute approximate surface area is 254 Å². The Morgan fingerprint density at radius 3 is 0.950 bits per heavy atom. The van der Waals surface area contributed by atoms with Gasteiger partial charge in [0, 0.05) is 0 Å². The largest absolute Gasteiger partial charge is 0.465 e. The molecule has 0 aromatic carbocycles. The number of hydrogen-bond acceptors (Lipinski definition) is 2. The third kappa shape index (κ3) is 24.1. The van der Waals surface area contributed by atoms with Crippen LogP contribution < -0.4 is 0 Å². The molecular weight excluding hydrogens is 488 g/mol. The topological polar surface area (TPSA) is 26.3 Å². The molecule has 0 heterocycles. The minimum atomic E-state index is -0.223. The summed E-state index contributed by atoms with van der Waals surface area (Å²) in [6.07, 6.45) is 40.0. The molecule has 2 nitrogen and oxygen atoms in total. The predicted molar refractivity (Wildman–Crippen MR) is 179 cm³/mol. The average Bonchev–Trinajstić information content (AvgIpc) is 2.96.